The summed E-state index contributed by atoms with van der Waals surface area (Å²) < 4.78 is 2.56. The molecule has 0 bridgehead atoms. The van der Waals surface area contributed by atoms with Crippen molar-refractivity contribution in [1.82, 2.24) is 30.0 Å². The van der Waals surface area contributed by atoms with Gasteiger partial charge < -0.3 is 0 Å². The van der Waals surface area contributed by atoms with Gasteiger partial charge in [0.25, 0.3) is 0 Å². The third kappa shape index (κ3) is 4.71. The topological polar surface area (TPSA) is 78.5 Å². The van der Waals surface area contributed by atoms with Gasteiger partial charge in [0.2, 0.25) is 0 Å². The van der Waals surface area contributed by atoms with Crippen LogP contribution in [0.3, 0.4) is 0 Å². The van der Waals surface area contributed by atoms with Crippen molar-refractivity contribution in [2.45, 2.75) is 66.2 Å². The Morgan fingerprint density at radius 3 is 2.57 bits per heavy atom. The van der Waals surface area contributed by atoms with Gasteiger partial charge in [-0.25, -0.2) is 4.79 Å². The molecule has 0 aromatic carbocycles. The lowest BCUT2D eigenvalue weighted by atomic mass is 9.89. The highest BCUT2D eigenvalue weighted by molar-refractivity contribution is 5.77. The van der Waals surface area contributed by atoms with E-state index in [2.05, 4.69) is 48.3 Å². The third-order valence-electron chi connectivity index (χ3n) is 3.61. The number of carbonyl (C=O) groups excluding carboxylic acids is 1. The van der Waals surface area contributed by atoms with Crippen molar-refractivity contribution in [3.63, 3.8) is 0 Å². The average Bonchev–Trinajstić information content (AvgIpc) is 3.12. The highest BCUT2D eigenvalue weighted by Crippen LogP contribution is 2.22. The molecule has 0 unspecified atom stereocenters. The summed E-state index contributed by atoms with van der Waals surface area (Å²) in [6.07, 6.45) is 9.16. The van der Waals surface area contributed by atoms with Crippen molar-refractivity contribution < 1.29 is 4.79 Å². The Balaban J connectivity index is 2.24. The maximum atomic E-state index is 12.5. The quantitative estimate of drug-likeness (QED) is 0.765. The summed E-state index contributed by atoms with van der Waals surface area (Å²) in [5.41, 5.74) is 1.90. The van der Waals surface area contributed by atoms with Crippen LogP contribution in [-0.4, -0.2) is 36.0 Å². The van der Waals surface area contributed by atoms with E-state index in [1.807, 2.05) is 0 Å². The highest BCUT2D eigenvalue weighted by Gasteiger charge is 2.23. The average molecular weight is 318 g/mol. The first-order chi connectivity index (χ1) is 10.9. The number of carbonyl (C=O) groups is 1. The first kappa shape index (κ1) is 17.3. The lowest BCUT2D eigenvalue weighted by Crippen LogP contribution is -2.24. The van der Waals surface area contributed by atoms with Gasteiger partial charge in [-0.2, -0.15) is 9.36 Å². The minimum atomic E-state index is -0.333. The Bertz CT molecular complexity index is 624. The molecule has 7 nitrogen and oxygen atoms in total. The summed E-state index contributed by atoms with van der Waals surface area (Å²) in [6, 6.07) is -0.333. The summed E-state index contributed by atoms with van der Waals surface area (Å²) >= 11 is 0. The zero-order chi connectivity index (χ0) is 16.9. The number of rotatable bonds is 6. The van der Waals surface area contributed by atoms with Crippen LogP contribution in [0.2, 0.25) is 0 Å². The summed E-state index contributed by atoms with van der Waals surface area (Å²) in [5, 5.41) is 15.8. The van der Waals surface area contributed by atoms with Crippen LogP contribution in [0.15, 0.2) is 12.4 Å². The molecule has 0 aliphatic heterocycles. The second-order valence-corrected chi connectivity index (χ2v) is 7.07. The molecule has 0 aliphatic carbocycles. The van der Waals surface area contributed by atoms with Crippen LogP contribution in [0, 0.1) is 5.41 Å². The standard InChI is InChI=1S/C16H26N6O/c1-5-6-7-8-9-14-13(12-16(2,3)4)18-20-22(14)15(23)21-11-10-17-19-21/h10-11H,5-9,12H2,1-4H3. The molecular weight excluding hydrogens is 292 g/mol. The first-order valence-corrected chi connectivity index (χ1v) is 8.27. The van der Waals surface area contributed by atoms with E-state index >= 15 is 0 Å². The van der Waals surface area contributed by atoms with Gasteiger partial charge in [0.15, 0.2) is 0 Å². The van der Waals surface area contributed by atoms with Crippen molar-refractivity contribution in [2.24, 2.45) is 5.41 Å². The lowest BCUT2D eigenvalue weighted by Gasteiger charge is -2.17. The van der Waals surface area contributed by atoms with Crippen LogP contribution in [0.5, 0.6) is 0 Å². The molecule has 2 aromatic heterocycles. The van der Waals surface area contributed by atoms with Crippen LogP contribution < -0.4 is 0 Å². The number of hydrogen-bond acceptors (Lipinski definition) is 5. The number of hydrogen-bond donors (Lipinski definition) is 0. The predicted molar refractivity (Wildman–Crippen MR) is 87.2 cm³/mol. The van der Waals surface area contributed by atoms with Crippen molar-refractivity contribution >= 4 is 6.03 Å². The van der Waals surface area contributed by atoms with Gasteiger partial charge in [-0.1, -0.05) is 57.4 Å². The fraction of sp³-hybridized carbons (Fsp3) is 0.688. The van der Waals surface area contributed by atoms with E-state index in [4.69, 9.17) is 0 Å². The van der Waals surface area contributed by atoms with Crippen LogP contribution in [-0.2, 0) is 12.8 Å². The molecule has 0 aliphatic rings. The zero-order valence-corrected chi connectivity index (χ0v) is 14.5. The number of nitrogens with zero attached hydrogens (tertiary/aromatic N) is 6. The maximum Gasteiger partial charge on any atom is 0.372 e. The molecule has 0 N–H and O–H groups in total. The summed E-state index contributed by atoms with van der Waals surface area (Å²) in [6.45, 7) is 8.66. The van der Waals surface area contributed by atoms with Gasteiger partial charge >= 0.3 is 6.03 Å². The van der Waals surface area contributed by atoms with Gasteiger partial charge in [-0.3, -0.25) is 0 Å². The van der Waals surface area contributed by atoms with Gasteiger partial charge in [-0.05, 0) is 24.7 Å². The Labute approximate surface area is 137 Å². The minimum Gasteiger partial charge on any atom is -0.243 e. The summed E-state index contributed by atoms with van der Waals surface area (Å²) in [7, 11) is 0. The lowest BCUT2D eigenvalue weighted by molar-refractivity contribution is 0.236. The van der Waals surface area contributed by atoms with E-state index in [1.54, 1.807) is 0 Å². The second-order valence-electron chi connectivity index (χ2n) is 7.07. The van der Waals surface area contributed by atoms with Crippen molar-refractivity contribution in [2.75, 3.05) is 0 Å². The molecule has 0 spiro atoms. The van der Waals surface area contributed by atoms with Gasteiger partial charge in [0.05, 0.1) is 23.8 Å². The largest absolute Gasteiger partial charge is 0.372 e. The number of aromatic nitrogens is 6. The maximum absolute atomic E-state index is 12.5. The van der Waals surface area contributed by atoms with Crippen molar-refractivity contribution in [3.05, 3.63) is 23.8 Å². The summed E-state index contributed by atoms with van der Waals surface area (Å²) in [5.74, 6) is 0. The molecule has 0 atom stereocenters. The summed E-state index contributed by atoms with van der Waals surface area (Å²) in [4.78, 5) is 12.5. The van der Waals surface area contributed by atoms with E-state index in [9.17, 15) is 4.79 Å². The molecule has 23 heavy (non-hydrogen) atoms. The van der Waals surface area contributed by atoms with E-state index in [0.29, 0.717) is 0 Å². The van der Waals surface area contributed by atoms with E-state index in [-0.39, 0.29) is 11.4 Å². The molecule has 0 fully saturated rings. The molecule has 0 saturated heterocycles. The van der Waals surface area contributed by atoms with Crippen LogP contribution in [0.1, 0.15) is 64.8 Å². The molecule has 0 amide bonds. The van der Waals surface area contributed by atoms with Gasteiger partial charge in [0, 0.05) is 0 Å². The molecular formula is C16H26N6O. The second kappa shape index (κ2) is 7.48. The Morgan fingerprint density at radius 2 is 1.96 bits per heavy atom. The van der Waals surface area contributed by atoms with Gasteiger partial charge in [-0.15, -0.1) is 10.2 Å². The minimum absolute atomic E-state index is 0.0926. The monoisotopic (exact) mass is 318 g/mol. The van der Waals surface area contributed by atoms with E-state index < -0.39 is 0 Å². The molecule has 2 aromatic rings. The SMILES string of the molecule is CCCCCCc1c(CC(C)(C)C)nnn1C(=O)n1ccnn1. The van der Waals surface area contributed by atoms with E-state index in [1.165, 1.54) is 34.6 Å². The molecule has 0 radical (unpaired) electrons. The smallest absolute Gasteiger partial charge is 0.243 e. The fourth-order valence-corrected chi connectivity index (χ4v) is 2.50. The Morgan fingerprint density at radius 1 is 1.17 bits per heavy atom. The zero-order valence-electron chi connectivity index (χ0n) is 14.5. The molecule has 0 saturated carbocycles. The normalized spacial score (nSPS) is 11.8. The Kier molecular flexibility index (Phi) is 5.63. The van der Waals surface area contributed by atoms with Crippen LogP contribution in [0.25, 0.3) is 0 Å². The number of unbranched alkanes of at least 4 members (excludes halogenated alkanes) is 3. The third-order valence-corrected chi connectivity index (χ3v) is 3.61. The Hall–Kier alpha value is -2.05. The van der Waals surface area contributed by atoms with Crippen LogP contribution in [0.4, 0.5) is 4.79 Å². The first-order valence-electron chi connectivity index (χ1n) is 8.27. The molecule has 7 heteroatoms. The predicted octanol–water partition coefficient (Wildman–Crippen LogP) is 3.10. The van der Waals surface area contributed by atoms with Crippen molar-refractivity contribution in [1.29, 1.82) is 0 Å². The van der Waals surface area contributed by atoms with Crippen molar-refractivity contribution in [3.8, 4) is 0 Å². The molecule has 2 heterocycles. The fourth-order valence-electron chi connectivity index (χ4n) is 2.50. The van der Waals surface area contributed by atoms with E-state index in [0.717, 1.165) is 37.1 Å². The molecule has 126 valence electrons. The highest BCUT2D eigenvalue weighted by atomic mass is 16.2. The molecule has 2 rings (SSSR count). The van der Waals surface area contributed by atoms with Gasteiger partial charge in [0.1, 0.15) is 0 Å². The van der Waals surface area contributed by atoms with Crippen LogP contribution >= 0.6 is 0 Å².